The SMILES string of the molecule is Cc1cc(C(=O)N2C[C@H]3CC[C@@H]2CN(C2Cc4ccccc4C2)C3)on1. The molecule has 0 saturated carbocycles. The van der Waals surface area contributed by atoms with Gasteiger partial charge in [0.1, 0.15) is 0 Å². The van der Waals surface area contributed by atoms with E-state index in [0.717, 1.165) is 44.6 Å². The Bertz CT molecular complexity index is 805. The maximum atomic E-state index is 12.9. The van der Waals surface area contributed by atoms with Crippen LogP contribution in [-0.4, -0.2) is 52.6 Å². The minimum atomic E-state index is 0.0110. The van der Waals surface area contributed by atoms with Crippen molar-refractivity contribution in [2.45, 2.75) is 44.7 Å². The molecule has 0 N–H and O–H groups in total. The molecule has 0 radical (unpaired) electrons. The largest absolute Gasteiger partial charge is 0.351 e. The molecular formula is C21H25N3O2. The van der Waals surface area contributed by atoms with Crippen molar-refractivity contribution in [3.63, 3.8) is 0 Å². The number of rotatable bonds is 2. The van der Waals surface area contributed by atoms with E-state index < -0.39 is 0 Å². The van der Waals surface area contributed by atoms with Gasteiger partial charge in [0.05, 0.1) is 5.69 Å². The van der Waals surface area contributed by atoms with E-state index in [9.17, 15) is 4.79 Å². The molecule has 3 aliphatic heterocycles. The van der Waals surface area contributed by atoms with E-state index in [1.165, 1.54) is 17.5 Å². The zero-order valence-corrected chi connectivity index (χ0v) is 15.2. The highest BCUT2D eigenvalue weighted by atomic mass is 16.5. The van der Waals surface area contributed by atoms with Gasteiger partial charge in [-0.05, 0) is 49.7 Å². The molecule has 6 rings (SSSR count). The average molecular weight is 351 g/mol. The van der Waals surface area contributed by atoms with Gasteiger partial charge in [0.15, 0.2) is 0 Å². The zero-order chi connectivity index (χ0) is 17.7. The number of carbonyl (C=O) groups excluding carboxylic acids is 1. The summed E-state index contributed by atoms with van der Waals surface area (Å²) in [5.74, 6) is 0.956. The van der Waals surface area contributed by atoms with Crippen molar-refractivity contribution < 1.29 is 9.32 Å². The van der Waals surface area contributed by atoms with Crippen LogP contribution < -0.4 is 0 Å². The van der Waals surface area contributed by atoms with Crippen LogP contribution in [0.4, 0.5) is 0 Å². The van der Waals surface area contributed by atoms with Gasteiger partial charge in [-0.15, -0.1) is 0 Å². The lowest BCUT2D eigenvalue weighted by molar-refractivity contribution is 0.0540. The minimum absolute atomic E-state index is 0.0110. The number of hydrogen-bond donors (Lipinski definition) is 0. The fourth-order valence-corrected chi connectivity index (χ4v) is 5.06. The number of aromatic nitrogens is 1. The molecule has 136 valence electrons. The fourth-order valence-electron chi connectivity index (χ4n) is 5.06. The number of fused-ring (bicyclic) bond motifs is 5. The van der Waals surface area contributed by atoms with Gasteiger partial charge in [0.25, 0.3) is 5.91 Å². The van der Waals surface area contributed by atoms with Crippen LogP contribution in [-0.2, 0) is 12.8 Å². The van der Waals surface area contributed by atoms with Crippen LogP contribution in [0.5, 0.6) is 0 Å². The lowest BCUT2D eigenvalue weighted by atomic mass is 9.95. The number of aryl methyl sites for hydroxylation is 1. The summed E-state index contributed by atoms with van der Waals surface area (Å²) in [6, 6.07) is 11.5. The number of benzene rings is 1. The average Bonchev–Trinajstić information content (AvgIpc) is 3.17. The molecule has 0 unspecified atom stereocenters. The first-order chi connectivity index (χ1) is 12.7. The molecule has 0 spiro atoms. The Labute approximate surface area is 153 Å². The monoisotopic (exact) mass is 351 g/mol. The summed E-state index contributed by atoms with van der Waals surface area (Å²) < 4.78 is 5.24. The topological polar surface area (TPSA) is 49.6 Å². The molecule has 1 aromatic heterocycles. The Morgan fingerprint density at radius 3 is 2.54 bits per heavy atom. The van der Waals surface area contributed by atoms with Crippen LogP contribution in [0.15, 0.2) is 34.9 Å². The predicted octanol–water partition coefficient (Wildman–Crippen LogP) is 2.69. The van der Waals surface area contributed by atoms with Crippen LogP contribution in [0.2, 0.25) is 0 Å². The summed E-state index contributed by atoms with van der Waals surface area (Å²) in [5.41, 5.74) is 3.76. The molecule has 4 aliphatic rings. The minimum Gasteiger partial charge on any atom is -0.351 e. The van der Waals surface area contributed by atoms with Gasteiger partial charge in [0.2, 0.25) is 5.76 Å². The van der Waals surface area contributed by atoms with Crippen molar-refractivity contribution in [2.75, 3.05) is 19.6 Å². The van der Waals surface area contributed by atoms with Crippen molar-refractivity contribution in [1.29, 1.82) is 0 Å². The maximum Gasteiger partial charge on any atom is 0.292 e. The third-order valence-electron chi connectivity index (χ3n) is 6.39. The van der Waals surface area contributed by atoms with Crippen LogP contribution in [0.1, 0.15) is 40.2 Å². The first kappa shape index (κ1) is 16.1. The highest BCUT2D eigenvalue weighted by Crippen LogP contribution is 2.33. The molecule has 5 heteroatoms. The molecule has 26 heavy (non-hydrogen) atoms. The van der Waals surface area contributed by atoms with Crippen LogP contribution in [0.3, 0.4) is 0 Å². The van der Waals surface area contributed by atoms with Crippen molar-refractivity contribution in [3.05, 3.63) is 52.9 Å². The second-order valence-corrected chi connectivity index (χ2v) is 8.17. The van der Waals surface area contributed by atoms with Crippen molar-refractivity contribution >= 4 is 5.91 Å². The Hall–Kier alpha value is -2.14. The van der Waals surface area contributed by atoms with Gasteiger partial charge in [-0.2, -0.15) is 0 Å². The second kappa shape index (κ2) is 6.23. The third-order valence-corrected chi connectivity index (χ3v) is 6.39. The quantitative estimate of drug-likeness (QED) is 0.835. The molecule has 1 amide bonds. The molecule has 1 aliphatic carbocycles. The highest BCUT2D eigenvalue weighted by molar-refractivity contribution is 5.91. The molecule has 2 aromatic rings. The van der Waals surface area contributed by atoms with Gasteiger partial charge in [-0.3, -0.25) is 9.69 Å². The number of amides is 1. The lowest BCUT2D eigenvalue weighted by Gasteiger charge is -2.35. The summed E-state index contributed by atoms with van der Waals surface area (Å²) in [4.78, 5) is 17.6. The fraction of sp³-hybridized carbons (Fsp3) is 0.524. The van der Waals surface area contributed by atoms with Gasteiger partial charge < -0.3 is 9.42 Å². The van der Waals surface area contributed by atoms with E-state index in [1.54, 1.807) is 6.07 Å². The number of carbonyl (C=O) groups is 1. The summed E-state index contributed by atoms with van der Waals surface area (Å²) in [7, 11) is 0. The predicted molar refractivity (Wildman–Crippen MR) is 98.0 cm³/mol. The standard InChI is InChI=1S/C21H25N3O2/c1-14-8-20(26-22-14)21(25)24-12-15-6-7-18(24)13-23(11-15)19-9-16-4-2-3-5-17(16)10-19/h2-5,8,15,18-19H,6-7,9-13H2,1H3/t15-,18+/m0/s1. The Morgan fingerprint density at radius 1 is 1.08 bits per heavy atom. The number of piperidine rings is 1. The van der Waals surface area contributed by atoms with Gasteiger partial charge in [0, 0.05) is 37.8 Å². The van der Waals surface area contributed by atoms with E-state index in [2.05, 4.69) is 39.2 Å². The molecule has 4 heterocycles. The normalized spacial score (nSPS) is 26.1. The number of hydrogen-bond acceptors (Lipinski definition) is 4. The van der Waals surface area contributed by atoms with Crippen molar-refractivity contribution in [2.24, 2.45) is 5.92 Å². The highest BCUT2D eigenvalue weighted by Gasteiger charge is 2.41. The van der Waals surface area contributed by atoms with Crippen molar-refractivity contribution in [1.82, 2.24) is 15.0 Å². The summed E-state index contributed by atoms with van der Waals surface area (Å²) >= 11 is 0. The first-order valence-electron chi connectivity index (χ1n) is 9.72. The van der Waals surface area contributed by atoms with E-state index >= 15 is 0 Å². The summed E-state index contributed by atoms with van der Waals surface area (Å²) in [5, 5.41) is 3.89. The smallest absolute Gasteiger partial charge is 0.292 e. The van der Waals surface area contributed by atoms with Crippen LogP contribution >= 0.6 is 0 Å². The number of nitrogens with zero attached hydrogens (tertiary/aromatic N) is 3. The van der Waals surface area contributed by atoms with Crippen LogP contribution in [0.25, 0.3) is 0 Å². The van der Waals surface area contributed by atoms with Gasteiger partial charge >= 0.3 is 0 Å². The van der Waals surface area contributed by atoms with Crippen LogP contribution in [0, 0.1) is 12.8 Å². The Morgan fingerprint density at radius 2 is 1.85 bits per heavy atom. The summed E-state index contributed by atoms with van der Waals surface area (Å²) in [6.45, 7) is 4.79. The van der Waals surface area contributed by atoms with Gasteiger partial charge in [-0.25, -0.2) is 0 Å². The van der Waals surface area contributed by atoms with E-state index in [1.807, 2.05) is 6.92 Å². The molecule has 3 fully saturated rings. The van der Waals surface area contributed by atoms with E-state index in [4.69, 9.17) is 4.52 Å². The third kappa shape index (κ3) is 2.75. The van der Waals surface area contributed by atoms with Gasteiger partial charge in [-0.1, -0.05) is 29.4 Å². The van der Waals surface area contributed by atoms with Crippen molar-refractivity contribution in [3.8, 4) is 0 Å². The first-order valence-corrected chi connectivity index (χ1v) is 9.72. The molecule has 3 saturated heterocycles. The molecule has 2 atom stereocenters. The van der Waals surface area contributed by atoms with E-state index in [-0.39, 0.29) is 11.9 Å². The molecule has 1 aromatic carbocycles. The zero-order valence-electron chi connectivity index (χ0n) is 15.2. The lowest BCUT2D eigenvalue weighted by Crippen LogP contribution is -2.48. The second-order valence-electron chi connectivity index (χ2n) is 8.17. The maximum absolute atomic E-state index is 12.9. The molecule has 5 nitrogen and oxygen atoms in total. The Kier molecular flexibility index (Phi) is 3.85. The molecule has 2 bridgehead atoms. The summed E-state index contributed by atoms with van der Waals surface area (Å²) in [6.07, 6.45) is 4.61. The van der Waals surface area contributed by atoms with E-state index in [0.29, 0.717) is 17.7 Å². The Balaban J connectivity index is 1.34. The molecular weight excluding hydrogens is 326 g/mol.